The molecule has 0 aromatic rings. The number of hydrogen-bond donors (Lipinski definition) is 2. The predicted molar refractivity (Wildman–Crippen MR) is 76.1 cm³/mol. The normalized spacial score (nSPS) is 23.1. The van der Waals surface area contributed by atoms with Gasteiger partial charge in [0.2, 0.25) is 0 Å². The van der Waals surface area contributed by atoms with E-state index in [4.69, 9.17) is 4.74 Å². The van der Waals surface area contributed by atoms with Gasteiger partial charge in [0.25, 0.3) is 0 Å². The van der Waals surface area contributed by atoms with E-state index in [1.165, 1.54) is 19.4 Å². The highest BCUT2D eigenvalue weighted by atomic mass is 16.5. The van der Waals surface area contributed by atoms with E-state index in [2.05, 4.69) is 41.4 Å². The van der Waals surface area contributed by atoms with Crippen molar-refractivity contribution >= 4 is 5.96 Å². The molecule has 1 rings (SSSR count). The lowest BCUT2D eigenvalue weighted by molar-refractivity contribution is 0.179. The number of likely N-dealkylation sites (N-methyl/N-ethyl adjacent to an activating group) is 1. The summed E-state index contributed by atoms with van der Waals surface area (Å²) in [4.78, 5) is 7.06. The maximum Gasteiger partial charge on any atom is 0.191 e. The van der Waals surface area contributed by atoms with Crippen LogP contribution in [0.15, 0.2) is 4.99 Å². The maximum atomic E-state index is 5.12. The fourth-order valence-corrected chi connectivity index (χ4v) is 2.25. The van der Waals surface area contributed by atoms with Crippen LogP contribution in [0.3, 0.4) is 0 Å². The van der Waals surface area contributed by atoms with Gasteiger partial charge in [-0.2, -0.15) is 0 Å². The van der Waals surface area contributed by atoms with Gasteiger partial charge in [-0.1, -0.05) is 0 Å². The summed E-state index contributed by atoms with van der Waals surface area (Å²) in [5, 5.41) is 6.63. The molecule has 106 valence electrons. The Labute approximate surface area is 111 Å². The van der Waals surface area contributed by atoms with Crippen molar-refractivity contribution in [2.45, 2.75) is 38.8 Å². The van der Waals surface area contributed by atoms with Crippen molar-refractivity contribution in [1.29, 1.82) is 0 Å². The summed E-state index contributed by atoms with van der Waals surface area (Å²) in [5.41, 5.74) is 0. The smallest absolute Gasteiger partial charge is 0.191 e. The summed E-state index contributed by atoms with van der Waals surface area (Å²) in [7, 11) is 3.90. The third-order valence-electron chi connectivity index (χ3n) is 3.28. The van der Waals surface area contributed by atoms with Gasteiger partial charge in [0.1, 0.15) is 0 Å². The summed E-state index contributed by atoms with van der Waals surface area (Å²) >= 11 is 0. The molecule has 5 nitrogen and oxygen atoms in total. The minimum Gasteiger partial charge on any atom is -0.383 e. The van der Waals surface area contributed by atoms with E-state index in [0.717, 1.165) is 19.0 Å². The summed E-state index contributed by atoms with van der Waals surface area (Å²) in [6, 6.07) is 0.868. The second-order valence-electron chi connectivity index (χ2n) is 5.00. The zero-order valence-corrected chi connectivity index (χ0v) is 12.2. The molecule has 2 atom stereocenters. The maximum absolute atomic E-state index is 5.12. The molecule has 1 aliphatic heterocycles. The molecule has 2 unspecified atom stereocenters. The molecular weight excluding hydrogens is 228 g/mol. The molecule has 1 aliphatic rings. The first-order valence-corrected chi connectivity index (χ1v) is 6.91. The Balaban J connectivity index is 2.43. The van der Waals surface area contributed by atoms with Crippen LogP contribution in [0.1, 0.15) is 26.7 Å². The number of aliphatic imine (C=N–C) groups is 1. The number of nitrogens with zero attached hydrogens (tertiary/aromatic N) is 2. The van der Waals surface area contributed by atoms with Gasteiger partial charge in [-0.25, -0.2) is 0 Å². The molecule has 0 bridgehead atoms. The minimum atomic E-state index is 0.272. The van der Waals surface area contributed by atoms with E-state index in [1.807, 2.05) is 0 Å². The highest BCUT2D eigenvalue weighted by molar-refractivity contribution is 5.80. The quantitative estimate of drug-likeness (QED) is 0.542. The van der Waals surface area contributed by atoms with Crippen LogP contribution in [0.4, 0.5) is 0 Å². The van der Waals surface area contributed by atoms with Crippen molar-refractivity contribution in [2.24, 2.45) is 4.99 Å². The van der Waals surface area contributed by atoms with E-state index in [9.17, 15) is 0 Å². The van der Waals surface area contributed by atoms with Crippen LogP contribution in [-0.4, -0.2) is 63.3 Å². The second-order valence-corrected chi connectivity index (χ2v) is 5.00. The number of hydrogen-bond acceptors (Lipinski definition) is 3. The SMILES string of the molecule is CCNC(=NCC1CCCN1C)NC(C)COC. The van der Waals surface area contributed by atoms with Crippen LogP contribution in [0.2, 0.25) is 0 Å². The van der Waals surface area contributed by atoms with E-state index < -0.39 is 0 Å². The number of guanidine groups is 1. The van der Waals surface area contributed by atoms with Crippen molar-refractivity contribution < 1.29 is 4.74 Å². The van der Waals surface area contributed by atoms with Crippen LogP contribution < -0.4 is 10.6 Å². The lowest BCUT2D eigenvalue weighted by Crippen LogP contribution is -2.44. The van der Waals surface area contributed by atoms with Gasteiger partial charge in [0.15, 0.2) is 5.96 Å². The Bertz CT molecular complexity index is 257. The summed E-state index contributed by atoms with van der Waals surface area (Å²) in [6.45, 7) is 7.81. The Morgan fingerprint density at radius 3 is 2.89 bits per heavy atom. The van der Waals surface area contributed by atoms with Crippen molar-refractivity contribution in [2.75, 3.05) is 40.4 Å². The molecule has 18 heavy (non-hydrogen) atoms. The van der Waals surface area contributed by atoms with Gasteiger partial charge in [-0.05, 0) is 40.3 Å². The molecular formula is C13H28N4O. The molecule has 1 saturated heterocycles. The predicted octanol–water partition coefficient (Wildman–Crippen LogP) is 0.671. The van der Waals surface area contributed by atoms with E-state index >= 15 is 0 Å². The average Bonchev–Trinajstić information content (AvgIpc) is 2.72. The summed E-state index contributed by atoms with van der Waals surface area (Å²) in [6.07, 6.45) is 2.55. The molecule has 0 aliphatic carbocycles. The first-order chi connectivity index (χ1) is 8.67. The lowest BCUT2D eigenvalue weighted by Gasteiger charge is -2.20. The highest BCUT2D eigenvalue weighted by Gasteiger charge is 2.20. The van der Waals surface area contributed by atoms with Gasteiger partial charge < -0.3 is 20.3 Å². The second kappa shape index (κ2) is 8.32. The highest BCUT2D eigenvalue weighted by Crippen LogP contribution is 2.14. The van der Waals surface area contributed by atoms with Gasteiger partial charge >= 0.3 is 0 Å². The molecule has 1 fully saturated rings. The number of rotatable bonds is 6. The Morgan fingerprint density at radius 1 is 1.56 bits per heavy atom. The van der Waals surface area contributed by atoms with Crippen LogP contribution in [0.5, 0.6) is 0 Å². The Hall–Kier alpha value is -0.810. The monoisotopic (exact) mass is 256 g/mol. The van der Waals surface area contributed by atoms with Gasteiger partial charge in [0, 0.05) is 25.7 Å². The summed E-state index contributed by atoms with van der Waals surface area (Å²) < 4.78 is 5.12. The van der Waals surface area contributed by atoms with Crippen LogP contribution >= 0.6 is 0 Å². The van der Waals surface area contributed by atoms with Gasteiger partial charge in [0.05, 0.1) is 13.2 Å². The van der Waals surface area contributed by atoms with Crippen LogP contribution in [0.25, 0.3) is 0 Å². The topological polar surface area (TPSA) is 48.9 Å². The third kappa shape index (κ3) is 5.23. The minimum absolute atomic E-state index is 0.272. The van der Waals surface area contributed by atoms with Crippen molar-refractivity contribution in [1.82, 2.24) is 15.5 Å². The molecule has 0 amide bonds. The number of nitrogens with one attached hydrogen (secondary N) is 2. The van der Waals surface area contributed by atoms with E-state index in [1.54, 1.807) is 7.11 Å². The third-order valence-corrected chi connectivity index (χ3v) is 3.28. The molecule has 1 heterocycles. The first kappa shape index (κ1) is 15.2. The average molecular weight is 256 g/mol. The van der Waals surface area contributed by atoms with Gasteiger partial charge in [-0.3, -0.25) is 4.99 Å². The van der Waals surface area contributed by atoms with E-state index in [0.29, 0.717) is 12.6 Å². The lowest BCUT2D eigenvalue weighted by atomic mass is 10.2. The fraction of sp³-hybridized carbons (Fsp3) is 0.923. The molecule has 5 heteroatoms. The van der Waals surface area contributed by atoms with Crippen LogP contribution in [0, 0.1) is 0 Å². The standard InChI is InChI=1S/C13H28N4O/c1-5-14-13(16-11(2)10-18-4)15-9-12-7-6-8-17(12)3/h11-12H,5-10H2,1-4H3,(H2,14,15,16). The molecule has 0 aromatic carbocycles. The Morgan fingerprint density at radius 2 is 2.33 bits per heavy atom. The van der Waals surface area contributed by atoms with E-state index in [-0.39, 0.29) is 6.04 Å². The number of ether oxygens (including phenoxy) is 1. The zero-order chi connectivity index (χ0) is 13.4. The first-order valence-electron chi connectivity index (χ1n) is 6.91. The number of methoxy groups -OCH3 is 1. The Kier molecular flexibility index (Phi) is 7.05. The van der Waals surface area contributed by atoms with Crippen molar-refractivity contribution in [3.05, 3.63) is 0 Å². The molecule has 0 radical (unpaired) electrons. The molecule has 0 saturated carbocycles. The molecule has 0 aromatic heterocycles. The van der Waals surface area contributed by atoms with Crippen LogP contribution in [-0.2, 0) is 4.74 Å². The fourth-order valence-electron chi connectivity index (χ4n) is 2.25. The van der Waals surface area contributed by atoms with Crippen molar-refractivity contribution in [3.63, 3.8) is 0 Å². The number of likely N-dealkylation sites (tertiary alicyclic amines) is 1. The van der Waals surface area contributed by atoms with Crippen molar-refractivity contribution in [3.8, 4) is 0 Å². The summed E-state index contributed by atoms with van der Waals surface area (Å²) in [5.74, 6) is 0.891. The molecule has 2 N–H and O–H groups in total. The largest absolute Gasteiger partial charge is 0.383 e. The van der Waals surface area contributed by atoms with Gasteiger partial charge in [-0.15, -0.1) is 0 Å². The molecule has 0 spiro atoms. The zero-order valence-electron chi connectivity index (χ0n) is 12.2.